The lowest BCUT2D eigenvalue weighted by Gasteiger charge is -2.46. The second-order valence-corrected chi connectivity index (χ2v) is 11.9. The number of para-hydroxylation sites is 1. The van der Waals surface area contributed by atoms with E-state index in [4.69, 9.17) is 0 Å². The Labute approximate surface area is 227 Å². The van der Waals surface area contributed by atoms with Gasteiger partial charge in [0.1, 0.15) is 5.41 Å². The number of H-pyrrole nitrogens is 1. The van der Waals surface area contributed by atoms with Gasteiger partial charge in [0, 0.05) is 40.9 Å². The molecular formula is C34H42N2O2. The fraction of sp³-hybridized carbons (Fsp3) is 0.471. The van der Waals surface area contributed by atoms with E-state index < -0.39 is 5.41 Å². The number of carbonyl (C=O) groups is 2. The van der Waals surface area contributed by atoms with E-state index in [1.165, 1.54) is 22.1 Å². The number of hydrogen-bond donors (Lipinski definition) is 2. The van der Waals surface area contributed by atoms with Gasteiger partial charge in [-0.1, -0.05) is 80.5 Å². The smallest absolute Gasteiger partial charge is 0.235 e. The van der Waals surface area contributed by atoms with E-state index in [0.717, 1.165) is 31.2 Å². The summed E-state index contributed by atoms with van der Waals surface area (Å²) in [5.41, 5.74) is 3.81. The highest BCUT2D eigenvalue weighted by Crippen LogP contribution is 2.57. The number of aromatic amines is 1. The maximum absolute atomic E-state index is 14.3. The van der Waals surface area contributed by atoms with E-state index in [-0.39, 0.29) is 41.4 Å². The minimum Gasteiger partial charge on any atom is -0.361 e. The molecule has 2 aromatic rings. The van der Waals surface area contributed by atoms with Crippen LogP contribution in [0.15, 0.2) is 78.1 Å². The van der Waals surface area contributed by atoms with Crippen LogP contribution in [0.5, 0.6) is 0 Å². The number of carbonyl (C=O) groups excluding carboxylic acids is 2. The number of rotatable bonds is 3. The van der Waals surface area contributed by atoms with E-state index in [2.05, 4.69) is 93.6 Å². The van der Waals surface area contributed by atoms with Gasteiger partial charge in [0.05, 0.1) is 0 Å². The van der Waals surface area contributed by atoms with E-state index in [1.54, 1.807) is 6.08 Å². The fourth-order valence-corrected chi connectivity index (χ4v) is 7.60. The molecule has 1 aromatic carbocycles. The van der Waals surface area contributed by atoms with Crippen molar-refractivity contribution in [3.8, 4) is 0 Å². The molecule has 0 saturated carbocycles. The second kappa shape index (κ2) is 10.6. The quantitative estimate of drug-likeness (QED) is 0.333. The first-order chi connectivity index (χ1) is 18.3. The summed E-state index contributed by atoms with van der Waals surface area (Å²) in [7, 11) is 0. The van der Waals surface area contributed by atoms with Crippen molar-refractivity contribution in [3.63, 3.8) is 0 Å². The third-order valence-electron chi connectivity index (χ3n) is 9.47. The molecule has 2 N–H and O–H groups in total. The van der Waals surface area contributed by atoms with Crippen molar-refractivity contribution in [2.75, 3.05) is 0 Å². The Morgan fingerprint density at radius 1 is 1.11 bits per heavy atom. The minimum atomic E-state index is -1.13. The van der Waals surface area contributed by atoms with Gasteiger partial charge in [0.25, 0.3) is 0 Å². The maximum atomic E-state index is 14.3. The molecule has 4 nitrogen and oxygen atoms in total. The number of allylic oxidation sites excluding steroid dienone is 8. The molecule has 5 rings (SSSR count). The molecule has 2 heterocycles. The summed E-state index contributed by atoms with van der Waals surface area (Å²) in [6.07, 6.45) is 18.3. The van der Waals surface area contributed by atoms with Gasteiger partial charge in [-0.3, -0.25) is 9.59 Å². The predicted molar refractivity (Wildman–Crippen MR) is 156 cm³/mol. The van der Waals surface area contributed by atoms with Gasteiger partial charge in [-0.25, -0.2) is 0 Å². The molecule has 1 spiro atoms. The Balaban J connectivity index is 1.64. The summed E-state index contributed by atoms with van der Waals surface area (Å²) >= 11 is 0. The third kappa shape index (κ3) is 4.32. The van der Waals surface area contributed by atoms with E-state index in [9.17, 15) is 9.59 Å². The number of nitrogens with one attached hydrogen (secondary N) is 2. The van der Waals surface area contributed by atoms with Gasteiger partial charge in [0.15, 0.2) is 5.78 Å². The largest absolute Gasteiger partial charge is 0.361 e. The van der Waals surface area contributed by atoms with Crippen LogP contribution >= 0.6 is 0 Å². The molecule has 1 amide bonds. The topological polar surface area (TPSA) is 62.0 Å². The summed E-state index contributed by atoms with van der Waals surface area (Å²) in [4.78, 5) is 32.0. The highest BCUT2D eigenvalue weighted by Gasteiger charge is 2.66. The van der Waals surface area contributed by atoms with E-state index >= 15 is 0 Å². The van der Waals surface area contributed by atoms with Crippen LogP contribution in [0.25, 0.3) is 10.9 Å². The number of hydrogen-bond acceptors (Lipinski definition) is 2. The van der Waals surface area contributed by atoms with Crippen LogP contribution in [0, 0.1) is 29.1 Å². The monoisotopic (exact) mass is 510 g/mol. The van der Waals surface area contributed by atoms with Crippen molar-refractivity contribution in [1.29, 1.82) is 0 Å². The number of ketones is 1. The molecule has 4 heteroatoms. The Kier molecular flexibility index (Phi) is 7.35. The van der Waals surface area contributed by atoms with Crippen molar-refractivity contribution in [2.24, 2.45) is 29.1 Å². The molecule has 3 aliphatic rings. The second-order valence-electron chi connectivity index (χ2n) is 11.9. The number of aromatic nitrogens is 1. The SMILES string of the molecule is CC[C@@H]1C(C)=C[C@@H]2/C=C\C[C@H](C)/C=C(/C)CC/C=C\C(=O)[C@]23C(=O)N[C@@H]([C@H](C)c2c[nH]c4ccccc24)[C@H]13. The molecule has 38 heavy (non-hydrogen) atoms. The van der Waals surface area contributed by atoms with Crippen molar-refractivity contribution in [3.05, 3.63) is 83.6 Å². The van der Waals surface area contributed by atoms with Crippen LogP contribution in [0.2, 0.25) is 0 Å². The zero-order valence-electron chi connectivity index (χ0n) is 23.5. The van der Waals surface area contributed by atoms with E-state index in [1.807, 2.05) is 12.1 Å². The Hall–Kier alpha value is -3.14. The van der Waals surface area contributed by atoms with Crippen molar-refractivity contribution >= 4 is 22.6 Å². The van der Waals surface area contributed by atoms with Crippen LogP contribution in [0.1, 0.15) is 71.8 Å². The molecule has 0 unspecified atom stereocenters. The summed E-state index contributed by atoms with van der Waals surface area (Å²) in [6, 6.07) is 8.19. The normalized spacial score (nSPS) is 35.9. The number of fused-ring (bicyclic) bond motifs is 1. The van der Waals surface area contributed by atoms with E-state index in [0.29, 0.717) is 5.92 Å². The lowest BCUT2D eigenvalue weighted by atomic mass is 9.53. The van der Waals surface area contributed by atoms with Crippen molar-refractivity contribution < 1.29 is 9.59 Å². The van der Waals surface area contributed by atoms with Gasteiger partial charge in [-0.15, -0.1) is 0 Å². The van der Waals surface area contributed by atoms with Crippen LogP contribution < -0.4 is 5.32 Å². The molecule has 2 aliphatic carbocycles. The Morgan fingerprint density at radius 3 is 2.68 bits per heavy atom. The number of amides is 1. The van der Waals surface area contributed by atoms with Gasteiger partial charge in [-0.05, 0) is 69.1 Å². The van der Waals surface area contributed by atoms with Gasteiger partial charge in [-0.2, -0.15) is 0 Å². The van der Waals surface area contributed by atoms with Gasteiger partial charge in [0.2, 0.25) is 5.91 Å². The average molecular weight is 511 g/mol. The Morgan fingerprint density at radius 2 is 1.89 bits per heavy atom. The zero-order chi connectivity index (χ0) is 27.0. The van der Waals surface area contributed by atoms with Gasteiger partial charge < -0.3 is 10.3 Å². The summed E-state index contributed by atoms with van der Waals surface area (Å²) in [6.45, 7) is 11.0. The lowest BCUT2D eigenvalue weighted by Crippen LogP contribution is -2.52. The van der Waals surface area contributed by atoms with Crippen molar-refractivity contribution in [2.45, 2.75) is 72.3 Å². The highest BCUT2D eigenvalue weighted by molar-refractivity contribution is 6.13. The minimum absolute atomic E-state index is 0.0422. The fourth-order valence-electron chi connectivity index (χ4n) is 7.60. The van der Waals surface area contributed by atoms with Crippen LogP contribution in [0.4, 0.5) is 0 Å². The Bertz CT molecular complexity index is 1340. The molecule has 7 atom stereocenters. The van der Waals surface area contributed by atoms with Crippen LogP contribution in [-0.2, 0) is 9.59 Å². The standard InChI is InChI=1S/C34H42N2O2/c1-6-26-23(4)19-25-14-11-13-22(3)18-21(2)12-7-10-17-30(37)34(25)31(26)32(36-33(34)38)24(5)28-20-35-29-16-9-8-15-27(28)29/h8-11,14-20,22,24-26,31-32,35H,6-7,12-13H2,1-5H3,(H,36,38)/b14-11-,17-10-,21-18-/t22-,24+,25-,26+,31-,32-,34+/m0/s1. The number of benzene rings is 1. The molecule has 1 aromatic heterocycles. The molecular weight excluding hydrogens is 468 g/mol. The zero-order valence-corrected chi connectivity index (χ0v) is 23.5. The van der Waals surface area contributed by atoms with Crippen LogP contribution in [0.3, 0.4) is 0 Å². The predicted octanol–water partition coefficient (Wildman–Crippen LogP) is 7.42. The molecule has 200 valence electrons. The first-order valence-corrected chi connectivity index (χ1v) is 14.4. The molecule has 1 fully saturated rings. The maximum Gasteiger partial charge on any atom is 0.235 e. The average Bonchev–Trinajstić information content (AvgIpc) is 3.46. The summed E-state index contributed by atoms with van der Waals surface area (Å²) in [5, 5.41) is 4.59. The lowest BCUT2D eigenvalue weighted by molar-refractivity contribution is -0.142. The summed E-state index contributed by atoms with van der Waals surface area (Å²) < 4.78 is 0. The highest BCUT2D eigenvalue weighted by atomic mass is 16.2. The van der Waals surface area contributed by atoms with Crippen LogP contribution in [-0.4, -0.2) is 22.7 Å². The molecule has 0 radical (unpaired) electrons. The first kappa shape index (κ1) is 26.5. The third-order valence-corrected chi connectivity index (χ3v) is 9.47. The molecule has 1 saturated heterocycles. The van der Waals surface area contributed by atoms with Gasteiger partial charge >= 0.3 is 0 Å². The first-order valence-electron chi connectivity index (χ1n) is 14.4. The summed E-state index contributed by atoms with van der Waals surface area (Å²) in [5.74, 6) is 0.0998. The molecule has 1 aliphatic heterocycles. The van der Waals surface area contributed by atoms with Crippen molar-refractivity contribution in [1.82, 2.24) is 10.3 Å². The molecule has 0 bridgehead atoms.